The van der Waals surface area contributed by atoms with Crippen molar-refractivity contribution >= 4 is 22.6 Å². The molecule has 152 valence electrons. The van der Waals surface area contributed by atoms with Crippen molar-refractivity contribution in [2.24, 2.45) is 0 Å². The van der Waals surface area contributed by atoms with E-state index in [0.717, 1.165) is 57.0 Å². The maximum Gasteiger partial charge on any atom is 0.222 e. The van der Waals surface area contributed by atoms with Gasteiger partial charge in [0.25, 0.3) is 0 Å². The number of aromatic nitrogens is 1. The third kappa shape index (κ3) is 5.22. The van der Waals surface area contributed by atoms with Crippen LogP contribution in [0.4, 0.5) is 5.82 Å². The summed E-state index contributed by atoms with van der Waals surface area (Å²) in [5, 5.41) is 4.73. The van der Waals surface area contributed by atoms with E-state index in [-0.39, 0.29) is 5.91 Å². The Morgan fingerprint density at radius 2 is 1.89 bits per heavy atom. The van der Waals surface area contributed by atoms with Crippen molar-refractivity contribution in [3.63, 3.8) is 0 Å². The smallest absolute Gasteiger partial charge is 0.222 e. The van der Waals surface area contributed by atoms with Crippen molar-refractivity contribution in [1.82, 2.24) is 15.2 Å². The minimum Gasteiger partial charge on any atom is -0.356 e. The first-order chi connectivity index (χ1) is 13.7. The number of benzene rings is 1. The summed E-state index contributed by atoms with van der Waals surface area (Å²) in [4.78, 5) is 21.5. The van der Waals surface area contributed by atoms with Crippen LogP contribution in [0.15, 0.2) is 30.3 Å². The molecule has 5 heteroatoms. The van der Waals surface area contributed by atoms with Gasteiger partial charge < -0.3 is 15.1 Å². The van der Waals surface area contributed by atoms with Gasteiger partial charge >= 0.3 is 0 Å². The lowest BCUT2D eigenvalue weighted by atomic mass is 10.1. The van der Waals surface area contributed by atoms with Crippen LogP contribution >= 0.6 is 0 Å². The number of hydrogen-bond donors (Lipinski definition) is 1. The molecule has 0 saturated carbocycles. The van der Waals surface area contributed by atoms with Crippen LogP contribution in [0.5, 0.6) is 0 Å². The van der Waals surface area contributed by atoms with E-state index < -0.39 is 0 Å². The Balaban J connectivity index is 1.62. The second-order valence-corrected chi connectivity index (χ2v) is 7.56. The largest absolute Gasteiger partial charge is 0.356 e. The number of amides is 1. The van der Waals surface area contributed by atoms with Gasteiger partial charge in [0.15, 0.2) is 0 Å². The van der Waals surface area contributed by atoms with Crippen molar-refractivity contribution in [3.8, 4) is 0 Å². The summed E-state index contributed by atoms with van der Waals surface area (Å²) in [6, 6.07) is 10.6. The molecule has 0 spiro atoms. The summed E-state index contributed by atoms with van der Waals surface area (Å²) in [6.45, 7) is 9.49. The number of pyridine rings is 1. The first-order valence-electron chi connectivity index (χ1n) is 10.8. The number of carbonyl (C=O) groups is 1. The zero-order valence-corrected chi connectivity index (χ0v) is 17.4. The number of carbonyl (C=O) groups excluding carboxylic acids is 1. The number of rotatable bonds is 9. The van der Waals surface area contributed by atoms with Crippen molar-refractivity contribution in [1.29, 1.82) is 0 Å². The van der Waals surface area contributed by atoms with E-state index in [1.807, 2.05) is 18.7 Å². The van der Waals surface area contributed by atoms with Crippen LogP contribution in [-0.4, -0.2) is 48.5 Å². The Hall–Kier alpha value is -2.14. The first-order valence-corrected chi connectivity index (χ1v) is 10.8. The normalized spacial score (nSPS) is 14.4. The molecule has 1 amide bonds. The molecule has 1 fully saturated rings. The fourth-order valence-corrected chi connectivity index (χ4v) is 3.98. The molecule has 0 radical (unpaired) electrons. The molecule has 2 aromatic rings. The summed E-state index contributed by atoms with van der Waals surface area (Å²) in [5.74, 6) is 1.39. The quantitative estimate of drug-likeness (QED) is 0.667. The number of nitrogens with zero attached hydrogens (tertiary/aromatic N) is 3. The van der Waals surface area contributed by atoms with E-state index in [1.54, 1.807) is 0 Å². The maximum absolute atomic E-state index is 12.1. The molecule has 1 saturated heterocycles. The number of piperidine rings is 1. The highest BCUT2D eigenvalue weighted by Crippen LogP contribution is 2.26. The molecule has 0 atom stereocenters. The minimum atomic E-state index is 0.258. The highest BCUT2D eigenvalue weighted by Gasteiger charge is 2.17. The van der Waals surface area contributed by atoms with E-state index >= 15 is 0 Å². The molecule has 5 nitrogen and oxygen atoms in total. The van der Waals surface area contributed by atoms with Gasteiger partial charge in [-0.3, -0.25) is 4.79 Å². The van der Waals surface area contributed by atoms with Gasteiger partial charge in [0.05, 0.1) is 5.52 Å². The molecule has 2 heterocycles. The zero-order chi connectivity index (χ0) is 19.8. The average molecular weight is 383 g/mol. The number of hydrogen-bond acceptors (Lipinski definition) is 4. The van der Waals surface area contributed by atoms with Crippen LogP contribution in [0.2, 0.25) is 0 Å². The SMILES string of the molecule is CCN(CC)C(=O)CCCNCc1cc2ccccc2nc1N1CCCCC1. The molecule has 3 rings (SSSR count). The molecular weight excluding hydrogens is 348 g/mol. The summed E-state index contributed by atoms with van der Waals surface area (Å²) in [5.41, 5.74) is 2.33. The standard InChI is InChI=1S/C23H34N4O/c1-3-26(4-2)22(28)13-10-14-24-18-20-17-19-11-6-7-12-21(19)25-23(20)27-15-8-5-9-16-27/h6-7,11-12,17,24H,3-5,8-10,13-16,18H2,1-2H3. The Morgan fingerprint density at radius 1 is 1.14 bits per heavy atom. The van der Waals surface area contributed by atoms with E-state index in [4.69, 9.17) is 4.98 Å². The lowest BCUT2D eigenvalue weighted by Gasteiger charge is -2.30. The predicted octanol–water partition coefficient (Wildman–Crippen LogP) is 3.96. The lowest BCUT2D eigenvalue weighted by molar-refractivity contribution is -0.130. The third-order valence-corrected chi connectivity index (χ3v) is 5.61. The summed E-state index contributed by atoms with van der Waals surface area (Å²) in [7, 11) is 0. The molecule has 0 unspecified atom stereocenters. The van der Waals surface area contributed by atoms with Gasteiger partial charge in [-0.15, -0.1) is 0 Å². The lowest BCUT2D eigenvalue weighted by Crippen LogP contribution is -2.32. The van der Waals surface area contributed by atoms with Gasteiger partial charge in [0.2, 0.25) is 5.91 Å². The van der Waals surface area contributed by atoms with Gasteiger partial charge in [-0.1, -0.05) is 18.2 Å². The second kappa shape index (κ2) is 10.4. The molecule has 1 aliphatic heterocycles. The van der Waals surface area contributed by atoms with Gasteiger partial charge in [-0.2, -0.15) is 0 Å². The number of anilines is 1. The van der Waals surface area contributed by atoms with Gasteiger partial charge in [-0.25, -0.2) is 4.98 Å². The van der Waals surface area contributed by atoms with E-state index in [9.17, 15) is 4.79 Å². The first kappa shape index (κ1) is 20.6. The fourth-order valence-electron chi connectivity index (χ4n) is 3.98. The van der Waals surface area contributed by atoms with Crippen LogP contribution < -0.4 is 10.2 Å². The van der Waals surface area contributed by atoms with Crippen molar-refractivity contribution in [3.05, 3.63) is 35.9 Å². The van der Waals surface area contributed by atoms with Crippen LogP contribution in [0.3, 0.4) is 0 Å². The number of fused-ring (bicyclic) bond motifs is 1. The number of para-hydroxylation sites is 1. The maximum atomic E-state index is 12.1. The second-order valence-electron chi connectivity index (χ2n) is 7.56. The van der Waals surface area contributed by atoms with Crippen LogP contribution in [-0.2, 0) is 11.3 Å². The Morgan fingerprint density at radius 3 is 2.64 bits per heavy atom. The monoisotopic (exact) mass is 382 g/mol. The van der Waals surface area contributed by atoms with Gasteiger partial charge in [0.1, 0.15) is 5.82 Å². The molecule has 1 aliphatic rings. The van der Waals surface area contributed by atoms with Crippen molar-refractivity contribution in [2.75, 3.05) is 37.6 Å². The van der Waals surface area contributed by atoms with Crippen molar-refractivity contribution < 1.29 is 4.79 Å². The Labute approximate surface area is 169 Å². The van der Waals surface area contributed by atoms with E-state index in [2.05, 4.69) is 40.5 Å². The Kier molecular flexibility index (Phi) is 7.66. The predicted molar refractivity (Wildman–Crippen MR) is 117 cm³/mol. The summed E-state index contributed by atoms with van der Waals surface area (Å²) >= 11 is 0. The molecule has 0 aliphatic carbocycles. The molecule has 28 heavy (non-hydrogen) atoms. The number of nitrogens with one attached hydrogen (secondary N) is 1. The van der Waals surface area contributed by atoms with Crippen molar-refractivity contribution in [2.45, 2.75) is 52.5 Å². The third-order valence-electron chi connectivity index (χ3n) is 5.61. The van der Waals surface area contributed by atoms with Crippen LogP contribution in [0.25, 0.3) is 10.9 Å². The molecular formula is C23H34N4O. The summed E-state index contributed by atoms with van der Waals surface area (Å²) in [6.07, 6.45) is 5.29. The zero-order valence-electron chi connectivity index (χ0n) is 17.4. The molecule has 1 aromatic carbocycles. The molecule has 1 N–H and O–H groups in total. The molecule has 1 aromatic heterocycles. The summed E-state index contributed by atoms with van der Waals surface area (Å²) < 4.78 is 0. The van der Waals surface area contributed by atoms with E-state index in [0.29, 0.717) is 6.42 Å². The Bertz CT molecular complexity index is 766. The minimum absolute atomic E-state index is 0.258. The van der Waals surface area contributed by atoms with Gasteiger partial charge in [0, 0.05) is 50.1 Å². The molecule has 0 bridgehead atoms. The highest BCUT2D eigenvalue weighted by atomic mass is 16.2. The van der Waals surface area contributed by atoms with E-state index in [1.165, 1.54) is 30.2 Å². The van der Waals surface area contributed by atoms with Crippen LogP contribution in [0.1, 0.15) is 51.5 Å². The topological polar surface area (TPSA) is 48.5 Å². The fraction of sp³-hybridized carbons (Fsp3) is 0.565. The van der Waals surface area contributed by atoms with Crippen LogP contribution in [0, 0.1) is 0 Å². The van der Waals surface area contributed by atoms with Gasteiger partial charge in [-0.05, 0) is 58.2 Å². The average Bonchev–Trinajstić information content (AvgIpc) is 2.74. The highest BCUT2D eigenvalue weighted by molar-refractivity contribution is 5.82.